The van der Waals surface area contributed by atoms with Gasteiger partial charge in [-0.05, 0) is 35.2 Å². The quantitative estimate of drug-likeness (QED) is 0.276. The Morgan fingerprint density at radius 1 is 1.00 bits per heavy atom. The summed E-state index contributed by atoms with van der Waals surface area (Å²) in [7, 11) is 0. The van der Waals surface area contributed by atoms with Crippen molar-refractivity contribution in [3.63, 3.8) is 0 Å². The Balaban J connectivity index is 1.55. The average Bonchev–Trinajstić information content (AvgIpc) is 2.85. The largest absolute Gasteiger partial charge is 0.457 e. The Hall–Kier alpha value is -4.70. The molecule has 0 bridgehead atoms. The number of nitrogens with one attached hydrogen (secondary N) is 2. The maximum Gasteiger partial charge on any atom is 0.270 e. The Labute approximate surface area is 203 Å². The Bertz CT molecular complexity index is 1440. The van der Waals surface area contributed by atoms with Crippen LogP contribution in [0, 0.1) is 11.3 Å². The van der Waals surface area contributed by atoms with Crippen molar-refractivity contribution in [1.82, 2.24) is 9.97 Å². The highest BCUT2D eigenvalue weighted by Crippen LogP contribution is 2.28. The number of aromatic amines is 1. The summed E-state index contributed by atoms with van der Waals surface area (Å²) in [5, 5.41) is 13.6. The standard InChI is InChI=1S/C28H25N5O2/c1-28(2,3)21-13-15-22(16-14-21)35-24-12-8-7-11-20(24)18-30-33-27-31-25(19-9-5-4-6-10-19)23(17-29)26(34)32-27/h4-16,18H,1-3H3,(H2,31,32,33,34). The van der Waals surface area contributed by atoms with Crippen molar-refractivity contribution in [2.75, 3.05) is 5.43 Å². The predicted molar refractivity (Wildman–Crippen MR) is 138 cm³/mol. The molecule has 0 atom stereocenters. The van der Waals surface area contributed by atoms with Crippen molar-refractivity contribution in [1.29, 1.82) is 5.26 Å². The fourth-order valence-corrected chi connectivity index (χ4v) is 3.43. The van der Waals surface area contributed by atoms with Crippen molar-refractivity contribution in [3.05, 3.63) is 106 Å². The molecule has 1 aromatic heterocycles. The molecule has 0 amide bonds. The molecular weight excluding hydrogens is 438 g/mol. The molecular formula is C28H25N5O2. The highest BCUT2D eigenvalue weighted by Gasteiger charge is 2.14. The second-order valence-electron chi connectivity index (χ2n) is 8.90. The van der Waals surface area contributed by atoms with Gasteiger partial charge >= 0.3 is 0 Å². The van der Waals surface area contributed by atoms with E-state index >= 15 is 0 Å². The van der Waals surface area contributed by atoms with Crippen LogP contribution in [0.25, 0.3) is 11.3 Å². The SMILES string of the molecule is CC(C)(C)c1ccc(Oc2ccccc2C=NNc2nc(-c3ccccc3)c(C#N)c(=O)[nH]2)cc1. The molecule has 7 nitrogen and oxygen atoms in total. The summed E-state index contributed by atoms with van der Waals surface area (Å²) in [6.45, 7) is 6.50. The van der Waals surface area contributed by atoms with Crippen LogP contribution in [0.15, 0.2) is 88.8 Å². The third-order valence-electron chi connectivity index (χ3n) is 5.32. The molecule has 0 aliphatic heterocycles. The normalized spacial score (nSPS) is 11.3. The fraction of sp³-hybridized carbons (Fsp3) is 0.143. The van der Waals surface area contributed by atoms with E-state index in [2.05, 4.69) is 53.4 Å². The Morgan fingerprint density at radius 2 is 1.69 bits per heavy atom. The first kappa shape index (κ1) is 23.5. The summed E-state index contributed by atoms with van der Waals surface area (Å²) >= 11 is 0. The van der Waals surface area contributed by atoms with Crippen LogP contribution in [0.3, 0.4) is 0 Å². The molecule has 0 spiro atoms. The molecule has 0 fully saturated rings. The predicted octanol–water partition coefficient (Wildman–Crippen LogP) is 5.84. The van der Waals surface area contributed by atoms with E-state index in [0.29, 0.717) is 11.3 Å². The van der Waals surface area contributed by atoms with Crippen LogP contribution in [0.4, 0.5) is 5.95 Å². The van der Waals surface area contributed by atoms with Crippen LogP contribution >= 0.6 is 0 Å². The second-order valence-corrected chi connectivity index (χ2v) is 8.90. The summed E-state index contributed by atoms with van der Waals surface area (Å²) in [5.41, 5.74) is 5.13. The van der Waals surface area contributed by atoms with Crippen molar-refractivity contribution in [2.24, 2.45) is 5.10 Å². The lowest BCUT2D eigenvalue weighted by Crippen LogP contribution is -2.16. The molecule has 0 saturated carbocycles. The van der Waals surface area contributed by atoms with Gasteiger partial charge in [0.05, 0.1) is 11.9 Å². The third kappa shape index (κ3) is 5.63. The Kier molecular flexibility index (Phi) is 6.74. The number of benzene rings is 3. The first-order chi connectivity index (χ1) is 16.8. The molecule has 7 heteroatoms. The Morgan fingerprint density at radius 3 is 2.37 bits per heavy atom. The van der Waals surface area contributed by atoms with Gasteiger partial charge in [-0.3, -0.25) is 9.78 Å². The topological polar surface area (TPSA) is 103 Å². The van der Waals surface area contributed by atoms with E-state index in [9.17, 15) is 10.1 Å². The van der Waals surface area contributed by atoms with E-state index in [-0.39, 0.29) is 22.6 Å². The second kappa shape index (κ2) is 10.1. The van der Waals surface area contributed by atoms with E-state index in [1.54, 1.807) is 18.3 Å². The lowest BCUT2D eigenvalue weighted by Gasteiger charge is -2.19. The molecule has 3 aromatic carbocycles. The summed E-state index contributed by atoms with van der Waals surface area (Å²) in [5.74, 6) is 1.48. The van der Waals surface area contributed by atoms with Gasteiger partial charge in [-0.1, -0.05) is 75.4 Å². The minimum Gasteiger partial charge on any atom is -0.457 e. The van der Waals surface area contributed by atoms with Crippen LogP contribution in [0.5, 0.6) is 11.5 Å². The van der Waals surface area contributed by atoms with Crippen LogP contribution in [0.1, 0.15) is 37.5 Å². The van der Waals surface area contributed by atoms with Gasteiger partial charge in [0.2, 0.25) is 5.95 Å². The van der Waals surface area contributed by atoms with Gasteiger partial charge in [0.15, 0.2) is 0 Å². The van der Waals surface area contributed by atoms with Crippen molar-refractivity contribution in [2.45, 2.75) is 26.2 Å². The number of aromatic nitrogens is 2. The van der Waals surface area contributed by atoms with E-state index < -0.39 is 5.56 Å². The molecule has 0 radical (unpaired) electrons. The smallest absolute Gasteiger partial charge is 0.270 e. The lowest BCUT2D eigenvalue weighted by molar-refractivity contribution is 0.480. The van der Waals surface area contributed by atoms with Crippen molar-refractivity contribution >= 4 is 12.2 Å². The van der Waals surface area contributed by atoms with E-state index in [1.807, 2.05) is 60.7 Å². The number of hydrogen-bond donors (Lipinski definition) is 2. The summed E-state index contributed by atoms with van der Waals surface area (Å²) in [4.78, 5) is 19.4. The molecule has 1 heterocycles. The van der Waals surface area contributed by atoms with Crippen molar-refractivity contribution < 1.29 is 4.74 Å². The minimum absolute atomic E-state index is 0.0537. The van der Waals surface area contributed by atoms with Gasteiger partial charge in [0.1, 0.15) is 23.1 Å². The molecule has 4 rings (SSSR count). The minimum atomic E-state index is -0.540. The molecule has 0 unspecified atom stereocenters. The lowest BCUT2D eigenvalue weighted by atomic mass is 9.87. The first-order valence-corrected chi connectivity index (χ1v) is 11.1. The number of rotatable bonds is 6. The number of hydrazone groups is 1. The number of ether oxygens (including phenoxy) is 1. The van der Waals surface area contributed by atoms with Gasteiger partial charge < -0.3 is 4.74 Å². The molecule has 174 valence electrons. The number of anilines is 1. The summed E-state index contributed by atoms with van der Waals surface area (Å²) in [6.07, 6.45) is 1.58. The molecule has 0 saturated heterocycles. The number of hydrogen-bond acceptors (Lipinski definition) is 6. The molecule has 0 aliphatic carbocycles. The van der Waals surface area contributed by atoms with Crippen LogP contribution in [-0.4, -0.2) is 16.2 Å². The molecule has 0 aliphatic rings. The van der Waals surface area contributed by atoms with Gasteiger partial charge in [-0.15, -0.1) is 0 Å². The monoisotopic (exact) mass is 463 g/mol. The zero-order valence-electron chi connectivity index (χ0n) is 19.7. The zero-order chi connectivity index (χ0) is 24.8. The number of para-hydroxylation sites is 1. The van der Waals surface area contributed by atoms with Gasteiger partial charge in [0.25, 0.3) is 5.56 Å². The third-order valence-corrected chi connectivity index (χ3v) is 5.32. The van der Waals surface area contributed by atoms with Gasteiger partial charge in [-0.25, -0.2) is 10.4 Å². The summed E-state index contributed by atoms with van der Waals surface area (Å²) in [6, 6.07) is 26.5. The average molecular weight is 464 g/mol. The van der Waals surface area contributed by atoms with Crippen LogP contribution in [0.2, 0.25) is 0 Å². The fourth-order valence-electron chi connectivity index (χ4n) is 3.43. The highest BCUT2D eigenvalue weighted by atomic mass is 16.5. The number of nitrogens with zero attached hydrogens (tertiary/aromatic N) is 3. The van der Waals surface area contributed by atoms with E-state index in [0.717, 1.165) is 11.3 Å². The molecule has 4 aromatic rings. The van der Waals surface area contributed by atoms with Crippen LogP contribution < -0.4 is 15.7 Å². The number of nitriles is 1. The van der Waals surface area contributed by atoms with Crippen LogP contribution in [-0.2, 0) is 5.41 Å². The van der Waals surface area contributed by atoms with E-state index in [4.69, 9.17) is 4.74 Å². The zero-order valence-corrected chi connectivity index (χ0v) is 19.7. The van der Waals surface area contributed by atoms with Gasteiger partial charge in [0, 0.05) is 11.1 Å². The highest BCUT2D eigenvalue weighted by molar-refractivity contribution is 5.84. The van der Waals surface area contributed by atoms with E-state index in [1.165, 1.54) is 5.56 Å². The number of H-pyrrole nitrogens is 1. The summed E-state index contributed by atoms with van der Waals surface area (Å²) < 4.78 is 6.08. The first-order valence-electron chi connectivity index (χ1n) is 11.1. The van der Waals surface area contributed by atoms with Crippen molar-refractivity contribution in [3.8, 4) is 28.8 Å². The maximum atomic E-state index is 12.4. The van der Waals surface area contributed by atoms with Gasteiger partial charge in [-0.2, -0.15) is 10.4 Å². The maximum absolute atomic E-state index is 12.4. The molecule has 2 N–H and O–H groups in total. The molecule has 35 heavy (non-hydrogen) atoms.